The van der Waals surface area contributed by atoms with Gasteiger partial charge in [0.25, 0.3) is 5.91 Å². The topological polar surface area (TPSA) is 69.7 Å². The largest absolute Gasteiger partial charge is 0.473 e. The molecule has 1 aromatic heterocycles. The molecule has 0 bridgehead atoms. The van der Waals surface area contributed by atoms with Gasteiger partial charge in [-0.1, -0.05) is 0 Å². The summed E-state index contributed by atoms with van der Waals surface area (Å²) in [5, 5.41) is 2.82. The highest BCUT2D eigenvalue weighted by Crippen LogP contribution is 2.24. The summed E-state index contributed by atoms with van der Waals surface area (Å²) in [5.74, 6) is 2.18. The van der Waals surface area contributed by atoms with Gasteiger partial charge in [-0.2, -0.15) is 11.8 Å². The number of nitrogens with one attached hydrogen (secondary N) is 1. The van der Waals surface area contributed by atoms with Crippen molar-refractivity contribution >= 4 is 17.7 Å². The lowest BCUT2D eigenvalue weighted by Crippen LogP contribution is -2.35. The van der Waals surface area contributed by atoms with Crippen molar-refractivity contribution in [2.24, 2.45) is 0 Å². The third-order valence-electron chi connectivity index (χ3n) is 3.32. The van der Waals surface area contributed by atoms with Gasteiger partial charge < -0.3 is 19.5 Å². The molecular formula is C16H24N2O4S. The smallest absolute Gasteiger partial charge is 0.256 e. The van der Waals surface area contributed by atoms with Crippen LogP contribution in [-0.2, 0) is 9.47 Å². The van der Waals surface area contributed by atoms with Crippen LogP contribution in [0.3, 0.4) is 0 Å². The minimum atomic E-state index is -0.443. The molecule has 1 fully saturated rings. The fourth-order valence-electron chi connectivity index (χ4n) is 2.23. The molecule has 1 aliphatic rings. The van der Waals surface area contributed by atoms with Crippen LogP contribution in [0.5, 0.6) is 5.88 Å². The van der Waals surface area contributed by atoms with E-state index >= 15 is 0 Å². The van der Waals surface area contributed by atoms with Gasteiger partial charge in [-0.05, 0) is 38.2 Å². The van der Waals surface area contributed by atoms with Crippen molar-refractivity contribution in [2.45, 2.75) is 32.7 Å². The van der Waals surface area contributed by atoms with E-state index in [1.807, 2.05) is 25.6 Å². The number of nitrogens with zero attached hydrogens (tertiary/aromatic N) is 1. The molecule has 6 nitrogen and oxygen atoms in total. The maximum Gasteiger partial charge on any atom is 0.256 e. The Bertz CT molecular complexity index is 489. The van der Waals surface area contributed by atoms with Gasteiger partial charge in [0.1, 0.15) is 11.7 Å². The summed E-state index contributed by atoms with van der Waals surface area (Å²) >= 11 is 1.85. The molecule has 2 rings (SSSR count). The maximum atomic E-state index is 12.4. The third-order valence-corrected chi connectivity index (χ3v) is 4.45. The predicted molar refractivity (Wildman–Crippen MR) is 90.0 cm³/mol. The molecule has 0 aromatic carbocycles. The Kier molecular flexibility index (Phi) is 7.64. The Balaban J connectivity index is 1.95. The lowest BCUT2D eigenvalue weighted by Gasteiger charge is -2.18. The van der Waals surface area contributed by atoms with Gasteiger partial charge in [-0.15, -0.1) is 0 Å². The van der Waals surface area contributed by atoms with Crippen molar-refractivity contribution in [2.75, 3.05) is 31.3 Å². The number of thioether (sulfide) groups is 1. The molecule has 1 saturated heterocycles. The number of carbonyl (C=O) groups is 1. The second-order valence-electron chi connectivity index (χ2n) is 5.01. The molecule has 1 aromatic rings. The van der Waals surface area contributed by atoms with Gasteiger partial charge in [-0.25, -0.2) is 4.98 Å². The van der Waals surface area contributed by atoms with Crippen LogP contribution in [0.4, 0.5) is 0 Å². The molecule has 0 spiro atoms. The fraction of sp³-hybridized carbons (Fsp3) is 0.625. The summed E-state index contributed by atoms with van der Waals surface area (Å²) in [6, 6.07) is 3.45. The minimum Gasteiger partial charge on any atom is -0.473 e. The van der Waals surface area contributed by atoms with E-state index in [0.29, 0.717) is 24.7 Å². The second kappa shape index (κ2) is 9.75. The summed E-state index contributed by atoms with van der Waals surface area (Å²) < 4.78 is 16.7. The van der Waals surface area contributed by atoms with E-state index in [1.165, 1.54) is 0 Å². The average molecular weight is 340 g/mol. The summed E-state index contributed by atoms with van der Waals surface area (Å²) in [5.41, 5.74) is 0.441. The number of ether oxygens (including phenoxy) is 3. The first kappa shape index (κ1) is 18.0. The van der Waals surface area contributed by atoms with Gasteiger partial charge in [0.15, 0.2) is 6.29 Å². The number of pyridine rings is 1. The summed E-state index contributed by atoms with van der Waals surface area (Å²) in [6.45, 7) is 5.12. The van der Waals surface area contributed by atoms with E-state index in [2.05, 4.69) is 10.3 Å². The molecule has 2 heterocycles. The number of rotatable bonds is 9. The van der Waals surface area contributed by atoms with E-state index in [0.717, 1.165) is 17.9 Å². The third kappa shape index (κ3) is 5.67. The van der Waals surface area contributed by atoms with Crippen molar-refractivity contribution in [3.63, 3.8) is 0 Å². The van der Waals surface area contributed by atoms with Crippen LogP contribution < -0.4 is 10.1 Å². The van der Waals surface area contributed by atoms with E-state index in [9.17, 15) is 4.79 Å². The number of aromatic nitrogens is 1. The molecule has 0 saturated carbocycles. The predicted octanol–water partition coefficient (Wildman–Crippen LogP) is 2.09. The van der Waals surface area contributed by atoms with E-state index in [1.54, 1.807) is 18.3 Å². The van der Waals surface area contributed by atoms with Crippen LogP contribution in [0.2, 0.25) is 0 Å². The number of hydrogen-bond acceptors (Lipinski definition) is 6. The van der Waals surface area contributed by atoms with Crippen molar-refractivity contribution in [3.05, 3.63) is 23.9 Å². The molecule has 0 unspecified atom stereocenters. The maximum absolute atomic E-state index is 12.4. The quantitative estimate of drug-likeness (QED) is 0.694. The Morgan fingerprint density at radius 1 is 1.43 bits per heavy atom. The highest BCUT2D eigenvalue weighted by atomic mass is 32.2. The van der Waals surface area contributed by atoms with Gasteiger partial charge in [-0.3, -0.25) is 4.79 Å². The molecule has 1 N–H and O–H groups in total. The first-order chi connectivity index (χ1) is 11.2. The molecule has 1 aliphatic heterocycles. The van der Waals surface area contributed by atoms with Gasteiger partial charge >= 0.3 is 0 Å². The number of hydrogen-bond donors (Lipinski definition) is 1. The molecule has 128 valence electrons. The Labute approximate surface area is 141 Å². The van der Waals surface area contributed by atoms with Crippen molar-refractivity contribution in [3.8, 4) is 5.88 Å². The standard InChI is InChI=1S/C16H24N2O4S/c1-3-20-14(21-4-2)10-18-15(19)13-6-5-8-17-16(13)22-12-7-9-23-11-12/h5-6,8,12,14H,3-4,7,9-11H2,1-2H3,(H,18,19)/t12-/m0/s1. The van der Waals surface area contributed by atoms with E-state index in [-0.39, 0.29) is 18.6 Å². The van der Waals surface area contributed by atoms with Crippen molar-refractivity contribution in [1.82, 2.24) is 10.3 Å². The Morgan fingerprint density at radius 3 is 2.87 bits per heavy atom. The lowest BCUT2D eigenvalue weighted by atomic mass is 10.2. The molecule has 0 radical (unpaired) electrons. The van der Waals surface area contributed by atoms with Crippen LogP contribution >= 0.6 is 11.8 Å². The van der Waals surface area contributed by atoms with Crippen LogP contribution in [-0.4, -0.2) is 54.5 Å². The van der Waals surface area contributed by atoms with Crippen LogP contribution in [0, 0.1) is 0 Å². The highest BCUT2D eigenvalue weighted by Gasteiger charge is 2.21. The van der Waals surface area contributed by atoms with Gasteiger partial charge in [0.2, 0.25) is 5.88 Å². The van der Waals surface area contributed by atoms with Crippen molar-refractivity contribution in [1.29, 1.82) is 0 Å². The molecule has 0 aliphatic carbocycles. The lowest BCUT2D eigenvalue weighted by molar-refractivity contribution is -0.131. The number of carbonyl (C=O) groups excluding carboxylic acids is 1. The molecule has 23 heavy (non-hydrogen) atoms. The van der Waals surface area contributed by atoms with Crippen LogP contribution in [0.1, 0.15) is 30.6 Å². The zero-order chi connectivity index (χ0) is 16.5. The first-order valence-corrected chi connectivity index (χ1v) is 9.10. The fourth-order valence-corrected chi connectivity index (χ4v) is 3.32. The Morgan fingerprint density at radius 2 is 2.22 bits per heavy atom. The molecular weight excluding hydrogens is 316 g/mol. The second-order valence-corrected chi connectivity index (χ2v) is 6.16. The zero-order valence-electron chi connectivity index (χ0n) is 13.6. The minimum absolute atomic E-state index is 0.126. The average Bonchev–Trinajstić information content (AvgIpc) is 3.06. The number of amides is 1. The van der Waals surface area contributed by atoms with Crippen molar-refractivity contribution < 1.29 is 19.0 Å². The summed E-state index contributed by atoms with van der Waals surface area (Å²) in [4.78, 5) is 16.6. The van der Waals surface area contributed by atoms with E-state index in [4.69, 9.17) is 14.2 Å². The molecule has 7 heteroatoms. The Hall–Kier alpha value is -1.31. The van der Waals surface area contributed by atoms with E-state index < -0.39 is 6.29 Å². The normalized spacial score (nSPS) is 17.4. The summed E-state index contributed by atoms with van der Waals surface area (Å²) in [6.07, 6.45) is 2.30. The molecule has 1 amide bonds. The monoisotopic (exact) mass is 340 g/mol. The first-order valence-electron chi connectivity index (χ1n) is 7.95. The van der Waals surface area contributed by atoms with Crippen LogP contribution in [0.15, 0.2) is 18.3 Å². The highest BCUT2D eigenvalue weighted by molar-refractivity contribution is 7.99. The zero-order valence-corrected chi connectivity index (χ0v) is 14.4. The SMILES string of the molecule is CCOC(CNC(=O)c1cccnc1O[C@H]1CCSC1)OCC. The van der Waals surface area contributed by atoms with Crippen LogP contribution in [0.25, 0.3) is 0 Å². The summed E-state index contributed by atoms with van der Waals surface area (Å²) in [7, 11) is 0. The molecule has 1 atom stereocenters. The van der Waals surface area contributed by atoms with Gasteiger partial charge in [0, 0.05) is 25.2 Å². The van der Waals surface area contributed by atoms with Gasteiger partial charge in [0.05, 0.1) is 6.54 Å².